The molecule has 0 saturated heterocycles. The van der Waals surface area contributed by atoms with Gasteiger partial charge in [-0.2, -0.15) is 0 Å². The SMILES string of the molecule is CC(C)C(C)(C)C(=O)NCCCCCC(=O)O. The van der Waals surface area contributed by atoms with Crippen LogP contribution in [0.15, 0.2) is 0 Å². The number of aliphatic carboxylic acids is 1. The molecule has 0 aliphatic carbocycles. The Hall–Kier alpha value is -1.06. The fourth-order valence-electron chi connectivity index (χ4n) is 1.27. The van der Waals surface area contributed by atoms with E-state index in [1.54, 1.807) is 0 Å². The summed E-state index contributed by atoms with van der Waals surface area (Å²) >= 11 is 0. The van der Waals surface area contributed by atoms with Crippen LogP contribution in [0.3, 0.4) is 0 Å². The Morgan fingerprint density at radius 2 is 1.76 bits per heavy atom. The lowest BCUT2D eigenvalue weighted by molar-refractivity contribution is -0.137. The molecule has 0 radical (unpaired) electrons. The van der Waals surface area contributed by atoms with Crippen LogP contribution in [0.2, 0.25) is 0 Å². The van der Waals surface area contributed by atoms with E-state index in [0.29, 0.717) is 18.9 Å². The Balaban J connectivity index is 3.69. The van der Waals surface area contributed by atoms with Crippen molar-refractivity contribution in [2.45, 2.75) is 53.4 Å². The molecular formula is C13H25NO3. The number of carboxylic acid groups (broad SMARTS) is 1. The molecule has 17 heavy (non-hydrogen) atoms. The zero-order chi connectivity index (χ0) is 13.5. The summed E-state index contributed by atoms with van der Waals surface area (Å²) in [6, 6.07) is 0. The van der Waals surface area contributed by atoms with E-state index in [2.05, 4.69) is 5.32 Å². The quantitative estimate of drug-likeness (QED) is 0.643. The van der Waals surface area contributed by atoms with E-state index >= 15 is 0 Å². The van der Waals surface area contributed by atoms with Crippen LogP contribution in [0.5, 0.6) is 0 Å². The first-order valence-corrected chi connectivity index (χ1v) is 6.28. The maximum Gasteiger partial charge on any atom is 0.303 e. The molecule has 4 heteroatoms. The fraction of sp³-hybridized carbons (Fsp3) is 0.846. The summed E-state index contributed by atoms with van der Waals surface area (Å²) in [5.41, 5.74) is -0.346. The van der Waals surface area contributed by atoms with Crippen LogP contribution in [-0.4, -0.2) is 23.5 Å². The molecule has 0 heterocycles. The third-order valence-electron chi connectivity index (χ3n) is 3.38. The molecule has 0 aromatic rings. The van der Waals surface area contributed by atoms with E-state index < -0.39 is 5.97 Å². The van der Waals surface area contributed by atoms with E-state index in [1.165, 1.54) is 0 Å². The summed E-state index contributed by atoms with van der Waals surface area (Å²) in [6.07, 6.45) is 2.58. The summed E-state index contributed by atoms with van der Waals surface area (Å²) in [6.45, 7) is 8.59. The van der Waals surface area contributed by atoms with Crippen LogP contribution >= 0.6 is 0 Å². The lowest BCUT2D eigenvalue weighted by Crippen LogP contribution is -2.40. The first-order chi connectivity index (χ1) is 7.78. The molecule has 0 aliphatic heterocycles. The van der Waals surface area contributed by atoms with Crippen molar-refractivity contribution in [1.29, 1.82) is 0 Å². The number of carbonyl (C=O) groups excluding carboxylic acids is 1. The molecule has 0 bridgehead atoms. The summed E-state index contributed by atoms with van der Waals surface area (Å²) in [5.74, 6) is -0.379. The summed E-state index contributed by atoms with van der Waals surface area (Å²) in [4.78, 5) is 22.1. The Labute approximate surface area is 104 Å². The molecule has 0 fully saturated rings. The second-order valence-corrected chi connectivity index (χ2v) is 5.34. The van der Waals surface area contributed by atoms with Crippen molar-refractivity contribution < 1.29 is 14.7 Å². The molecule has 2 N–H and O–H groups in total. The van der Waals surface area contributed by atoms with Gasteiger partial charge in [-0.15, -0.1) is 0 Å². The zero-order valence-corrected chi connectivity index (χ0v) is 11.4. The van der Waals surface area contributed by atoms with Gasteiger partial charge in [0.25, 0.3) is 0 Å². The highest BCUT2D eigenvalue weighted by Crippen LogP contribution is 2.25. The summed E-state index contributed by atoms with van der Waals surface area (Å²) < 4.78 is 0. The fourth-order valence-corrected chi connectivity index (χ4v) is 1.27. The van der Waals surface area contributed by atoms with Crippen molar-refractivity contribution in [1.82, 2.24) is 5.32 Å². The molecule has 0 rings (SSSR count). The van der Waals surface area contributed by atoms with Crippen molar-refractivity contribution in [3.63, 3.8) is 0 Å². The number of carboxylic acids is 1. The van der Waals surface area contributed by atoms with E-state index in [0.717, 1.165) is 12.8 Å². The minimum Gasteiger partial charge on any atom is -0.481 e. The van der Waals surface area contributed by atoms with Crippen molar-refractivity contribution in [3.8, 4) is 0 Å². The smallest absolute Gasteiger partial charge is 0.303 e. The third kappa shape index (κ3) is 6.29. The standard InChI is InChI=1S/C13H25NO3/c1-10(2)13(3,4)12(17)14-9-7-5-6-8-11(15)16/h10H,5-9H2,1-4H3,(H,14,17)(H,15,16). The normalized spacial score (nSPS) is 11.6. The highest BCUT2D eigenvalue weighted by molar-refractivity contribution is 5.81. The number of carbonyl (C=O) groups is 2. The average molecular weight is 243 g/mol. The van der Waals surface area contributed by atoms with Crippen molar-refractivity contribution in [2.75, 3.05) is 6.54 Å². The predicted molar refractivity (Wildman–Crippen MR) is 67.7 cm³/mol. The Morgan fingerprint density at radius 1 is 1.18 bits per heavy atom. The minimum absolute atomic E-state index is 0.0748. The number of rotatable bonds is 8. The molecule has 0 aromatic heterocycles. The number of nitrogens with one attached hydrogen (secondary N) is 1. The van der Waals surface area contributed by atoms with Gasteiger partial charge in [0.05, 0.1) is 0 Å². The van der Waals surface area contributed by atoms with Crippen LogP contribution in [-0.2, 0) is 9.59 Å². The van der Waals surface area contributed by atoms with Gasteiger partial charge >= 0.3 is 5.97 Å². The van der Waals surface area contributed by atoms with Gasteiger partial charge in [0, 0.05) is 18.4 Å². The van der Waals surface area contributed by atoms with E-state index in [9.17, 15) is 9.59 Å². The molecule has 0 saturated carbocycles. The average Bonchev–Trinajstić information content (AvgIpc) is 2.21. The van der Waals surface area contributed by atoms with Gasteiger partial charge < -0.3 is 10.4 Å². The van der Waals surface area contributed by atoms with Gasteiger partial charge in [0.2, 0.25) is 5.91 Å². The number of amides is 1. The number of unbranched alkanes of at least 4 members (excludes halogenated alkanes) is 2. The monoisotopic (exact) mass is 243 g/mol. The van der Waals surface area contributed by atoms with Crippen LogP contribution < -0.4 is 5.32 Å². The number of hydrogen-bond donors (Lipinski definition) is 2. The van der Waals surface area contributed by atoms with Crippen LogP contribution in [0, 0.1) is 11.3 Å². The molecule has 4 nitrogen and oxygen atoms in total. The van der Waals surface area contributed by atoms with Gasteiger partial charge in [-0.25, -0.2) is 0 Å². The maximum absolute atomic E-state index is 11.8. The second-order valence-electron chi connectivity index (χ2n) is 5.34. The Kier molecular flexibility index (Phi) is 6.85. The van der Waals surface area contributed by atoms with E-state index in [4.69, 9.17) is 5.11 Å². The van der Waals surface area contributed by atoms with Crippen molar-refractivity contribution in [2.24, 2.45) is 11.3 Å². The molecule has 0 aromatic carbocycles. The van der Waals surface area contributed by atoms with Gasteiger partial charge in [-0.05, 0) is 18.8 Å². The first-order valence-electron chi connectivity index (χ1n) is 6.28. The second kappa shape index (κ2) is 7.30. The highest BCUT2D eigenvalue weighted by Gasteiger charge is 2.30. The van der Waals surface area contributed by atoms with E-state index in [-0.39, 0.29) is 17.7 Å². The van der Waals surface area contributed by atoms with Crippen LogP contribution in [0.1, 0.15) is 53.4 Å². The van der Waals surface area contributed by atoms with Crippen molar-refractivity contribution in [3.05, 3.63) is 0 Å². The minimum atomic E-state index is -0.755. The topological polar surface area (TPSA) is 66.4 Å². The largest absolute Gasteiger partial charge is 0.481 e. The van der Waals surface area contributed by atoms with Gasteiger partial charge in [-0.3, -0.25) is 9.59 Å². The van der Waals surface area contributed by atoms with Crippen molar-refractivity contribution >= 4 is 11.9 Å². The molecule has 0 atom stereocenters. The van der Waals surface area contributed by atoms with Gasteiger partial charge in [-0.1, -0.05) is 34.1 Å². The Bertz CT molecular complexity index is 259. The molecule has 0 unspecified atom stereocenters. The predicted octanol–water partition coefficient (Wildman–Crippen LogP) is 2.43. The molecular weight excluding hydrogens is 218 g/mol. The zero-order valence-electron chi connectivity index (χ0n) is 11.4. The van der Waals surface area contributed by atoms with Gasteiger partial charge in [0.1, 0.15) is 0 Å². The van der Waals surface area contributed by atoms with E-state index in [1.807, 2.05) is 27.7 Å². The first kappa shape index (κ1) is 15.9. The maximum atomic E-state index is 11.8. The van der Waals surface area contributed by atoms with Crippen LogP contribution in [0.25, 0.3) is 0 Å². The molecule has 100 valence electrons. The summed E-state index contributed by atoms with van der Waals surface area (Å²) in [5, 5.41) is 11.4. The third-order valence-corrected chi connectivity index (χ3v) is 3.38. The molecule has 1 amide bonds. The lowest BCUT2D eigenvalue weighted by atomic mass is 9.80. The lowest BCUT2D eigenvalue weighted by Gasteiger charge is -2.27. The van der Waals surface area contributed by atoms with Crippen LogP contribution in [0.4, 0.5) is 0 Å². The number of hydrogen-bond acceptors (Lipinski definition) is 2. The molecule has 0 spiro atoms. The molecule has 0 aliphatic rings. The summed E-state index contributed by atoms with van der Waals surface area (Å²) in [7, 11) is 0. The Morgan fingerprint density at radius 3 is 2.24 bits per heavy atom. The highest BCUT2D eigenvalue weighted by atomic mass is 16.4. The van der Waals surface area contributed by atoms with Gasteiger partial charge in [0.15, 0.2) is 0 Å².